The lowest BCUT2D eigenvalue weighted by Crippen LogP contribution is -1.96. The van der Waals surface area contributed by atoms with Gasteiger partial charge in [0.05, 0.1) is 0 Å². The van der Waals surface area contributed by atoms with E-state index in [9.17, 15) is 0 Å². The van der Waals surface area contributed by atoms with Crippen LogP contribution in [0.2, 0.25) is 5.02 Å². The molecule has 0 spiro atoms. The van der Waals surface area contributed by atoms with Crippen LogP contribution in [0.3, 0.4) is 0 Å². The Morgan fingerprint density at radius 2 is 2.13 bits per heavy atom. The SMILES string of the molecule is Clc1ccc2ccn(CCC3CC3)c2c1. The standard InChI is InChI=1S/C13H14ClN/c14-12-4-3-11-6-8-15(13(11)9-12)7-5-10-1-2-10/h3-4,6,8-10H,1-2,5,7H2. The normalized spacial score (nSPS) is 16.1. The predicted octanol–water partition coefficient (Wildman–Crippen LogP) is 4.09. The zero-order valence-corrected chi connectivity index (χ0v) is 9.37. The van der Waals surface area contributed by atoms with E-state index in [-0.39, 0.29) is 0 Å². The van der Waals surface area contributed by atoms with Crippen LogP contribution in [0.15, 0.2) is 30.5 Å². The third-order valence-electron chi connectivity index (χ3n) is 3.21. The first-order valence-electron chi connectivity index (χ1n) is 5.57. The molecule has 2 heteroatoms. The highest BCUT2D eigenvalue weighted by atomic mass is 35.5. The number of nitrogens with zero attached hydrogens (tertiary/aromatic N) is 1. The van der Waals surface area contributed by atoms with Crippen LogP contribution in [-0.4, -0.2) is 4.57 Å². The molecule has 2 aromatic rings. The number of benzene rings is 1. The Bertz CT molecular complexity index is 482. The van der Waals surface area contributed by atoms with Gasteiger partial charge >= 0.3 is 0 Å². The number of aromatic nitrogens is 1. The van der Waals surface area contributed by atoms with Crippen molar-refractivity contribution in [1.82, 2.24) is 4.57 Å². The van der Waals surface area contributed by atoms with Crippen LogP contribution in [0.1, 0.15) is 19.3 Å². The summed E-state index contributed by atoms with van der Waals surface area (Å²) in [6.45, 7) is 1.13. The second kappa shape index (κ2) is 3.57. The van der Waals surface area contributed by atoms with Crippen LogP contribution in [0, 0.1) is 5.92 Å². The summed E-state index contributed by atoms with van der Waals surface area (Å²) in [5, 5.41) is 2.11. The minimum Gasteiger partial charge on any atom is -0.347 e. The van der Waals surface area contributed by atoms with Gasteiger partial charge < -0.3 is 4.57 Å². The van der Waals surface area contributed by atoms with Gasteiger partial charge in [0.1, 0.15) is 0 Å². The zero-order valence-electron chi connectivity index (χ0n) is 8.62. The highest BCUT2D eigenvalue weighted by molar-refractivity contribution is 6.31. The van der Waals surface area contributed by atoms with Gasteiger partial charge in [0.15, 0.2) is 0 Å². The molecule has 0 saturated heterocycles. The summed E-state index contributed by atoms with van der Waals surface area (Å²) in [7, 11) is 0. The van der Waals surface area contributed by atoms with E-state index >= 15 is 0 Å². The molecule has 15 heavy (non-hydrogen) atoms. The van der Waals surface area contributed by atoms with Crippen LogP contribution in [0.5, 0.6) is 0 Å². The van der Waals surface area contributed by atoms with Crippen molar-refractivity contribution in [3.8, 4) is 0 Å². The second-order valence-electron chi connectivity index (χ2n) is 4.44. The number of rotatable bonds is 3. The molecule has 1 heterocycles. The summed E-state index contributed by atoms with van der Waals surface area (Å²) in [6, 6.07) is 8.27. The lowest BCUT2D eigenvalue weighted by molar-refractivity contribution is 0.611. The first kappa shape index (κ1) is 9.29. The number of hydrogen-bond donors (Lipinski definition) is 0. The quantitative estimate of drug-likeness (QED) is 0.733. The molecular formula is C13H14ClN. The van der Waals surface area contributed by atoms with Crippen molar-refractivity contribution in [1.29, 1.82) is 0 Å². The Kier molecular flexibility index (Phi) is 2.21. The monoisotopic (exact) mass is 219 g/mol. The maximum absolute atomic E-state index is 6.01. The summed E-state index contributed by atoms with van der Waals surface area (Å²) in [6.07, 6.45) is 6.35. The smallest absolute Gasteiger partial charge is 0.0495 e. The van der Waals surface area contributed by atoms with Crippen molar-refractivity contribution >= 4 is 22.5 Å². The van der Waals surface area contributed by atoms with E-state index in [1.807, 2.05) is 6.07 Å². The molecule has 0 unspecified atom stereocenters. The molecule has 0 radical (unpaired) electrons. The van der Waals surface area contributed by atoms with E-state index in [1.54, 1.807) is 0 Å². The summed E-state index contributed by atoms with van der Waals surface area (Å²) in [4.78, 5) is 0. The van der Waals surface area contributed by atoms with Gasteiger partial charge in [-0.25, -0.2) is 0 Å². The highest BCUT2D eigenvalue weighted by Crippen LogP contribution is 2.33. The number of halogens is 1. The van der Waals surface area contributed by atoms with Crippen molar-refractivity contribution in [2.45, 2.75) is 25.8 Å². The number of fused-ring (bicyclic) bond motifs is 1. The number of hydrogen-bond acceptors (Lipinski definition) is 0. The van der Waals surface area contributed by atoms with Gasteiger partial charge in [0.25, 0.3) is 0 Å². The van der Waals surface area contributed by atoms with E-state index in [2.05, 4.69) is 29.0 Å². The molecule has 3 rings (SSSR count). The molecule has 1 fully saturated rings. The first-order chi connectivity index (χ1) is 7.33. The Labute approximate surface area is 94.7 Å². The summed E-state index contributed by atoms with van der Waals surface area (Å²) < 4.78 is 2.32. The summed E-state index contributed by atoms with van der Waals surface area (Å²) >= 11 is 6.01. The average molecular weight is 220 g/mol. The molecule has 1 aliphatic rings. The molecule has 1 aromatic heterocycles. The molecule has 78 valence electrons. The van der Waals surface area contributed by atoms with Crippen molar-refractivity contribution in [2.75, 3.05) is 0 Å². The Morgan fingerprint density at radius 1 is 1.27 bits per heavy atom. The van der Waals surface area contributed by atoms with E-state index < -0.39 is 0 Å². The molecule has 0 amide bonds. The maximum atomic E-state index is 6.01. The van der Waals surface area contributed by atoms with Gasteiger partial charge in [-0.1, -0.05) is 30.5 Å². The van der Waals surface area contributed by atoms with Crippen LogP contribution < -0.4 is 0 Å². The molecule has 0 aliphatic heterocycles. The van der Waals surface area contributed by atoms with E-state index in [0.717, 1.165) is 17.5 Å². The predicted molar refractivity (Wildman–Crippen MR) is 64.3 cm³/mol. The molecule has 1 saturated carbocycles. The molecule has 1 nitrogen and oxygen atoms in total. The van der Waals surface area contributed by atoms with E-state index in [0.29, 0.717) is 0 Å². The first-order valence-corrected chi connectivity index (χ1v) is 5.95. The molecule has 1 aromatic carbocycles. The number of aryl methyl sites for hydroxylation is 1. The minimum atomic E-state index is 0.828. The third-order valence-corrected chi connectivity index (χ3v) is 3.45. The molecule has 0 N–H and O–H groups in total. The average Bonchev–Trinajstić information content (AvgIpc) is 2.97. The van der Waals surface area contributed by atoms with Crippen LogP contribution in [0.4, 0.5) is 0 Å². The summed E-state index contributed by atoms with van der Waals surface area (Å²) in [5.74, 6) is 0.988. The van der Waals surface area contributed by atoms with Gasteiger partial charge in [-0.3, -0.25) is 0 Å². The maximum Gasteiger partial charge on any atom is 0.0495 e. The Hall–Kier alpha value is -0.950. The van der Waals surface area contributed by atoms with E-state index in [4.69, 9.17) is 11.6 Å². The highest BCUT2D eigenvalue weighted by Gasteiger charge is 2.20. The Morgan fingerprint density at radius 3 is 2.93 bits per heavy atom. The minimum absolute atomic E-state index is 0.828. The lowest BCUT2D eigenvalue weighted by atomic mass is 10.2. The molecule has 0 atom stereocenters. The van der Waals surface area contributed by atoms with Crippen molar-refractivity contribution in [3.05, 3.63) is 35.5 Å². The van der Waals surface area contributed by atoms with Crippen molar-refractivity contribution < 1.29 is 0 Å². The van der Waals surface area contributed by atoms with Crippen molar-refractivity contribution in [3.63, 3.8) is 0 Å². The van der Waals surface area contributed by atoms with Crippen LogP contribution in [0.25, 0.3) is 10.9 Å². The van der Waals surface area contributed by atoms with Gasteiger partial charge in [0.2, 0.25) is 0 Å². The van der Waals surface area contributed by atoms with Gasteiger partial charge in [-0.2, -0.15) is 0 Å². The molecular weight excluding hydrogens is 206 g/mol. The zero-order chi connectivity index (χ0) is 10.3. The fraction of sp³-hybridized carbons (Fsp3) is 0.385. The molecule has 0 bridgehead atoms. The van der Waals surface area contributed by atoms with E-state index in [1.165, 1.54) is 30.2 Å². The molecule has 1 aliphatic carbocycles. The van der Waals surface area contributed by atoms with Gasteiger partial charge in [-0.05, 0) is 35.9 Å². The van der Waals surface area contributed by atoms with Gasteiger partial charge in [-0.15, -0.1) is 0 Å². The lowest BCUT2D eigenvalue weighted by Gasteiger charge is -2.04. The second-order valence-corrected chi connectivity index (χ2v) is 4.88. The third kappa shape index (κ3) is 1.89. The summed E-state index contributed by atoms with van der Waals surface area (Å²) in [5.41, 5.74) is 1.27. The van der Waals surface area contributed by atoms with Crippen LogP contribution in [-0.2, 0) is 6.54 Å². The topological polar surface area (TPSA) is 4.93 Å². The fourth-order valence-electron chi connectivity index (χ4n) is 2.08. The van der Waals surface area contributed by atoms with Crippen molar-refractivity contribution in [2.24, 2.45) is 5.92 Å². The Balaban J connectivity index is 1.91. The van der Waals surface area contributed by atoms with Gasteiger partial charge in [0, 0.05) is 23.3 Å². The largest absolute Gasteiger partial charge is 0.347 e. The van der Waals surface area contributed by atoms with Crippen LogP contribution >= 0.6 is 11.6 Å². The fourth-order valence-corrected chi connectivity index (χ4v) is 2.25.